The lowest BCUT2D eigenvalue weighted by atomic mass is 10.2. The Bertz CT molecular complexity index is 677. The quantitative estimate of drug-likeness (QED) is 0.849. The van der Waals surface area contributed by atoms with Gasteiger partial charge in [-0.3, -0.25) is 4.79 Å². The van der Waals surface area contributed by atoms with Crippen molar-refractivity contribution in [3.63, 3.8) is 0 Å². The Morgan fingerprint density at radius 3 is 2.59 bits per heavy atom. The van der Waals surface area contributed by atoms with Crippen LogP contribution in [0.1, 0.15) is 19.4 Å². The molecule has 2 aromatic carbocycles. The first kappa shape index (κ1) is 15.6. The Morgan fingerprint density at radius 2 is 1.95 bits per heavy atom. The fourth-order valence-corrected chi connectivity index (χ4v) is 2.19. The van der Waals surface area contributed by atoms with Crippen molar-refractivity contribution in [1.29, 1.82) is 5.26 Å². The van der Waals surface area contributed by atoms with E-state index in [1.54, 1.807) is 36.1 Å². The monoisotopic (exact) mass is 294 g/mol. The Morgan fingerprint density at radius 1 is 1.23 bits per heavy atom. The molecule has 0 spiro atoms. The summed E-state index contributed by atoms with van der Waals surface area (Å²) in [6.45, 7) is 4.20. The smallest absolute Gasteiger partial charge is 0.267 e. The van der Waals surface area contributed by atoms with Crippen LogP contribution in [-0.4, -0.2) is 18.6 Å². The molecule has 0 saturated heterocycles. The second-order valence-corrected chi connectivity index (χ2v) is 4.82. The van der Waals surface area contributed by atoms with Crippen LogP contribution in [-0.2, 0) is 4.79 Å². The van der Waals surface area contributed by atoms with E-state index in [2.05, 4.69) is 6.07 Å². The Kier molecular flexibility index (Phi) is 5.16. The van der Waals surface area contributed by atoms with Gasteiger partial charge in [0.1, 0.15) is 5.75 Å². The van der Waals surface area contributed by atoms with Crippen molar-refractivity contribution in [3.8, 4) is 11.8 Å². The predicted octanol–water partition coefficient (Wildman–Crippen LogP) is 3.38. The summed E-state index contributed by atoms with van der Waals surface area (Å²) in [6.07, 6.45) is -0.630. The molecular formula is C18H18N2O2. The summed E-state index contributed by atoms with van der Waals surface area (Å²) in [4.78, 5) is 14.2. The van der Waals surface area contributed by atoms with E-state index in [1.807, 2.05) is 37.3 Å². The van der Waals surface area contributed by atoms with E-state index in [0.29, 0.717) is 17.9 Å². The molecule has 0 aliphatic heterocycles. The second-order valence-electron chi connectivity index (χ2n) is 4.82. The van der Waals surface area contributed by atoms with E-state index in [-0.39, 0.29) is 5.91 Å². The van der Waals surface area contributed by atoms with E-state index in [9.17, 15) is 4.79 Å². The number of hydrogen-bond acceptors (Lipinski definition) is 3. The minimum atomic E-state index is -0.630. The number of para-hydroxylation sites is 1. The molecule has 0 N–H and O–H groups in total. The number of amides is 1. The molecule has 4 heteroatoms. The highest BCUT2D eigenvalue weighted by Crippen LogP contribution is 2.18. The lowest BCUT2D eigenvalue weighted by molar-refractivity contribution is -0.124. The minimum Gasteiger partial charge on any atom is -0.481 e. The number of rotatable bonds is 5. The molecule has 0 bridgehead atoms. The van der Waals surface area contributed by atoms with E-state index in [0.717, 1.165) is 5.69 Å². The zero-order valence-corrected chi connectivity index (χ0v) is 12.7. The van der Waals surface area contributed by atoms with Crippen LogP contribution in [0.5, 0.6) is 5.75 Å². The molecule has 0 unspecified atom stereocenters. The first-order chi connectivity index (χ1) is 10.7. The number of carbonyl (C=O) groups is 1. The van der Waals surface area contributed by atoms with E-state index >= 15 is 0 Å². The number of nitrogens with zero attached hydrogens (tertiary/aromatic N) is 2. The Labute approximate surface area is 130 Å². The summed E-state index contributed by atoms with van der Waals surface area (Å²) in [5.74, 6) is 0.403. The molecule has 22 heavy (non-hydrogen) atoms. The molecule has 0 aromatic heterocycles. The van der Waals surface area contributed by atoms with Crippen molar-refractivity contribution in [2.24, 2.45) is 0 Å². The lowest BCUT2D eigenvalue weighted by Gasteiger charge is -2.25. The minimum absolute atomic E-state index is 0.115. The van der Waals surface area contributed by atoms with Crippen molar-refractivity contribution in [2.75, 3.05) is 11.4 Å². The predicted molar refractivity (Wildman–Crippen MR) is 85.7 cm³/mol. The van der Waals surface area contributed by atoms with Crippen LogP contribution in [0.25, 0.3) is 0 Å². The molecule has 0 heterocycles. The number of carbonyl (C=O) groups excluding carboxylic acids is 1. The third-order valence-corrected chi connectivity index (χ3v) is 3.27. The van der Waals surface area contributed by atoms with E-state index in [4.69, 9.17) is 10.00 Å². The Hall–Kier alpha value is -2.80. The molecule has 2 aromatic rings. The van der Waals surface area contributed by atoms with Gasteiger partial charge in [-0.15, -0.1) is 0 Å². The van der Waals surface area contributed by atoms with Gasteiger partial charge in [-0.1, -0.05) is 24.3 Å². The van der Waals surface area contributed by atoms with Crippen molar-refractivity contribution in [3.05, 3.63) is 60.2 Å². The first-order valence-electron chi connectivity index (χ1n) is 7.19. The zero-order chi connectivity index (χ0) is 15.9. The van der Waals surface area contributed by atoms with Gasteiger partial charge in [0.2, 0.25) is 0 Å². The molecular weight excluding hydrogens is 276 g/mol. The second kappa shape index (κ2) is 7.28. The third-order valence-electron chi connectivity index (χ3n) is 3.27. The van der Waals surface area contributed by atoms with Crippen LogP contribution in [0.15, 0.2) is 54.6 Å². The largest absolute Gasteiger partial charge is 0.481 e. The van der Waals surface area contributed by atoms with Gasteiger partial charge in [0.05, 0.1) is 11.6 Å². The van der Waals surface area contributed by atoms with Crippen molar-refractivity contribution in [1.82, 2.24) is 0 Å². The van der Waals surface area contributed by atoms with Crippen LogP contribution >= 0.6 is 0 Å². The van der Waals surface area contributed by atoms with E-state index < -0.39 is 6.10 Å². The third kappa shape index (κ3) is 3.64. The maximum atomic E-state index is 12.6. The van der Waals surface area contributed by atoms with Crippen molar-refractivity contribution >= 4 is 11.6 Å². The highest BCUT2D eigenvalue weighted by Gasteiger charge is 2.22. The topological polar surface area (TPSA) is 53.3 Å². The van der Waals surface area contributed by atoms with Crippen LogP contribution < -0.4 is 9.64 Å². The van der Waals surface area contributed by atoms with Gasteiger partial charge >= 0.3 is 0 Å². The average Bonchev–Trinajstić information content (AvgIpc) is 2.56. The number of hydrogen-bond donors (Lipinski definition) is 0. The normalized spacial score (nSPS) is 11.3. The van der Waals surface area contributed by atoms with Crippen LogP contribution in [0.2, 0.25) is 0 Å². The van der Waals surface area contributed by atoms with Gasteiger partial charge in [-0.2, -0.15) is 5.26 Å². The number of likely N-dealkylation sites (N-methyl/N-ethyl adjacent to an activating group) is 1. The fourth-order valence-electron chi connectivity index (χ4n) is 2.19. The SMILES string of the molecule is CCN(C(=O)[C@@H](C)Oc1cccc(C#N)c1)c1ccccc1. The molecule has 1 amide bonds. The first-order valence-corrected chi connectivity index (χ1v) is 7.19. The summed E-state index contributed by atoms with van der Waals surface area (Å²) >= 11 is 0. The molecule has 4 nitrogen and oxygen atoms in total. The van der Waals surface area contributed by atoms with Crippen molar-refractivity contribution < 1.29 is 9.53 Å². The van der Waals surface area contributed by atoms with Gasteiger partial charge in [0.15, 0.2) is 6.10 Å². The number of anilines is 1. The maximum absolute atomic E-state index is 12.6. The maximum Gasteiger partial charge on any atom is 0.267 e. The van der Waals surface area contributed by atoms with Crippen LogP contribution in [0.3, 0.4) is 0 Å². The molecule has 0 fully saturated rings. The molecule has 0 aliphatic rings. The van der Waals surface area contributed by atoms with Gasteiger partial charge in [-0.25, -0.2) is 0 Å². The van der Waals surface area contributed by atoms with Gasteiger partial charge < -0.3 is 9.64 Å². The number of benzene rings is 2. The molecule has 0 radical (unpaired) electrons. The number of ether oxygens (including phenoxy) is 1. The lowest BCUT2D eigenvalue weighted by Crippen LogP contribution is -2.40. The van der Waals surface area contributed by atoms with Crippen LogP contribution in [0, 0.1) is 11.3 Å². The Balaban J connectivity index is 2.12. The number of nitriles is 1. The molecule has 1 atom stereocenters. The van der Waals surface area contributed by atoms with E-state index in [1.165, 1.54) is 0 Å². The van der Waals surface area contributed by atoms with Gasteiger partial charge in [-0.05, 0) is 44.2 Å². The average molecular weight is 294 g/mol. The van der Waals surface area contributed by atoms with Gasteiger partial charge in [0.25, 0.3) is 5.91 Å². The molecule has 2 rings (SSSR count). The zero-order valence-electron chi connectivity index (χ0n) is 12.7. The molecule has 0 saturated carbocycles. The molecule has 0 aliphatic carbocycles. The highest BCUT2D eigenvalue weighted by molar-refractivity contribution is 5.96. The van der Waals surface area contributed by atoms with Crippen LogP contribution in [0.4, 0.5) is 5.69 Å². The van der Waals surface area contributed by atoms with Gasteiger partial charge in [0, 0.05) is 12.2 Å². The summed E-state index contributed by atoms with van der Waals surface area (Å²) in [7, 11) is 0. The standard InChI is InChI=1S/C18H18N2O2/c1-3-20(16-9-5-4-6-10-16)18(21)14(2)22-17-11-7-8-15(12-17)13-19/h4-12,14H,3H2,1-2H3/t14-/m1/s1. The fraction of sp³-hybridized carbons (Fsp3) is 0.222. The van der Waals surface area contributed by atoms with Crippen molar-refractivity contribution in [2.45, 2.75) is 20.0 Å². The summed E-state index contributed by atoms with van der Waals surface area (Å²) in [5.41, 5.74) is 1.35. The summed E-state index contributed by atoms with van der Waals surface area (Å²) in [6, 6.07) is 18.3. The summed E-state index contributed by atoms with van der Waals surface area (Å²) in [5, 5.41) is 8.90. The highest BCUT2D eigenvalue weighted by atomic mass is 16.5. The molecule has 112 valence electrons. The summed E-state index contributed by atoms with van der Waals surface area (Å²) < 4.78 is 5.68.